The number of aliphatic hydroxyl groups is 5. The van der Waals surface area contributed by atoms with Gasteiger partial charge >= 0.3 is 23.9 Å². The number of cyclic esters (lactones) is 1. The van der Waals surface area contributed by atoms with Crippen molar-refractivity contribution in [3.05, 3.63) is 59.8 Å². The average molecular weight is 863 g/mol. The summed E-state index contributed by atoms with van der Waals surface area (Å²) >= 11 is 0. The Hall–Kier alpha value is -3.74. The van der Waals surface area contributed by atoms with Crippen molar-refractivity contribution in [1.29, 1.82) is 0 Å². The minimum atomic E-state index is -2.45. The first kappa shape index (κ1) is 49.9. The van der Waals surface area contributed by atoms with Crippen LogP contribution in [0.4, 0.5) is 0 Å². The highest BCUT2D eigenvalue weighted by atomic mass is 16.7. The fraction of sp³-hybridized carbons (Fsp3) is 0.689. The van der Waals surface area contributed by atoms with Gasteiger partial charge in [-0.25, -0.2) is 14.4 Å². The molecule has 5 N–H and O–H groups in total. The Morgan fingerprint density at radius 1 is 0.885 bits per heavy atom. The third kappa shape index (κ3) is 12.7. The van der Waals surface area contributed by atoms with E-state index >= 15 is 0 Å². The number of aliphatic hydroxyl groups excluding tert-OH is 3. The van der Waals surface area contributed by atoms with Crippen molar-refractivity contribution < 1.29 is 77.9 Å². The molecule has 6 bridgehead atoms. The number of esters is 4. The summed E-state index contributed by atoms with van der Waals surface area (Å²) in [6, 6.07) is 0. The van der Waals surface area contributed by atoms with Gasteiger partial charge in [-0.2, -0.15) is 0 Å². The van der Waals surface area contributed by atoms with Crippen LogP contribution in [0.5, 0.6) is 0 Å². The molecule has 3 saturated heterocycles. The zero-order valence-electron chi connectivity index (χ0n) is 36.6. The Balaban J connectivity index is 1.87. The van der Waals surface area contributed by atoms with Gasteiger partial charge in [-0.3, -0.25) is 4.79 Å². The SMILES string of the molecule is CCC/C=C/C=C/C(=O)O[C@H]1/C(=C/C(=O)OC)C[C@H]2C[C@H]([C@@H](C)O)OC(=O)C[C@H](O)C[C@@H]3C[C@H](O)C(C)(C)[C@](O)(C[C@@H]4CC(=CC(=O)OC)C[C@H](/C=C/C(C)(C)[C@]1(O)O2)O4)O3. The van der Waals surface area contributed by atoms with E-state index in [0.717, 1.165) is 18.9 Å². The number of hydrogen-bond acceptors (Lipinski definition) is 16. The molecule has 4 aliphatic heterocycles. The summed E-state index contributed by atoms with van der Waals surface area (Å²) in [5.74, 6) is -7.61. The molecule has 0 spiro atoms. The van der Waals surface area contributed by atoms with Crippen molar-refractivity contribution >= 4 is 23.9 Å². The molecule has 16 nitrogen and oxygen atoms in total. The van der Waals surface area contributed by atoms with Crippen LogP contribution in [-0.4, -0.2) is 130 Å². The van der Waals surface area contributed by atoms with Crippen LogP contribution in [0.1, 0.15) is 106 Å². The van der Waals surface area contributed by atoms with Crippen LogP contribution in [0, 0.1) is 10.8 Å². The van der Waals surface area contributed by atoms with Gasteiger partial charge in [0.1, 0.15) is 6.10 Å². The Labute approximate surface area is 358 Å². The number of carbonyl (C=O) groups excluding carboxylic acids is 4. The lowest BCUT2D eigenvalue weighted by molar-refractivity contribution is -0.348. The number of carbonyl (C=O) groups is 4. The van der Waals surface area contributed by atoms with E-state index < -0.39 is 108 Å². The van der Waals surface area contributed by atoms with Crippen molar-refractivity contribution in [3.63, 3.8) is 0 Å². The molecular formula is C45H66O16. The third-order valence-electron chi connectivity index (χ3n) is 12.1. The van der Waals surface area contributed by atoms with Gasteiger partial charge in [0.25, 0.3) is 0 Å². The smallest absolute Gasteiger partial charge is 0.331 e. The maximum absolute atomic E-state index is 13.4. The Morgan fingerprint density at radius 2 is 1.57 bits per heavy atom. The van der Waals surface area contributed by atoms with Gasteiger partial charge < -0.3 is 58.7 Å². The van der Waals surface area contributed by atoms with Crippen molar-refractivity contribution in [3.8, 4) is 0 Å². The summed E-state index contributed by atoms with van der Waals surface area (Å²) in [5.41, 5.74) is -2.00. The summed E-state index contributed by atoms with van der Waals surface area (Å²) in [6.45, 7) is 9.92. The number of methoxy groups -OCH3 is 2. The first-order valence-corrected chi connectivity index (χ1v) is 21.0. The van der Waals surface area contributed by atoms with Crippen LogP contribution in [0.25, 0.3) is 0 Å². The number of unbranched alkanes of at least 4 members (excludes halogenated alkanes) is 1. The summed E-state index contributed by atoms with van der Waals surface area (Å²) in [6.07, 6.45) is 2.75. The molecule has 3 fully saturated rings. The van der Waals surface area contributed by atoms with Crippen LogP contribution in [0.3, 0.4) is 0 Å². The highest BCUT2D eigenvalue weighted by molar-refractivity contribution is 5.84. The van der Waals surface area contributed by atoms with Crippen LogP contribution in [0.15, 0.2) is 59.8 Å². The van der Waals surface area contributed by atoms with Crippen LogP contribution in [0.2, 0.25) is 0 Å². The first-order chi connectivity index (χ1) is 28.6. The molecule has 0 aromatic heterocycles. The molecular weight excluding hydrogens is 796 g/mol. The van der Waals surface area contributed by atoms with E-state index in [1.807, 2.05) is 13.0 Å². The lowest BCUT2D eigenvalue weighted by Crippen LogP contribution is -2.62. The quantitative estimate of drug-likeness (QED) is 0.0770. The zero-order valence-corrected chi connectivity index (χ0v) is 36.6. The second kappa shape index (κ2) is 21.1. The van der Waals surface area contributed by atoms with Gasteiger partial charge in [0.2, 0.25) is 5.79 Å². The Bertz CT molecular complexity index is 1710. The van der Waals surface area contributed by atoms with Gasteiger partial charge in [-0.1, -0.05) is 77.0 Å². The van der Waals surface area contributed by atoms with Crippen molar-refractivity contribution in [1.82, 2.24) is 0 Å². The molecule has 0 aromatic rings. The maximum atomic E-state index is 13.4. The molecule has 0 radical (unpaired) electrons. The molecule has 0 amide bonds. The molecule has 0 aromatic carbocycles. The zero-order chi connectivity index (χ0) is 45.3. The summed E-state index contributed by atoms with van der Waals surface area (Å²) in [5, 5.41) is 58.3. The Morgan fingerprint density at radius 3 is 2.23 bits per heavy atom. The second-order valence-corrected chi connectivity index (χ2v) is 17.7. The molecule has 11 atom stereocenters. The van der Waals surface area contributed by atoms with E-state index in [-0.39, 0.29) is 50.5 Å². The molecule has 4 rings (SSSR count). The number of allylic oxidation sites excluding steroid dienone is 3. The van der Waals surface area contributed by atoms with Gasteiger partial charge in [-0.15, -0.1) is 0 Å². The minimum absolute atomic E-state index is 0.0448. The fourth-order valence-electron chi connectivity index (χ4n) is 8.20. The maximum Gasteiger partial charge on any atom is 0.331 e. The molecule has 342 valence electrons. The number of ether oxygens (including phenoxy) is 7. The summed E-state index contributed by atoms with van der Waals surface area (Å²) in [7, 11) is 2.41. The average Bonchev–Trinajstić information content (AvgIpc) is 3.16. The van der Waals surface area contributed by atoms with E-state index in [1.54, 1.807) is 45.9 Å². The number of fused-ring (bicyclic) bond motifs is 6. The molecule has 4 aliphatic rings. The van der Waals surface area contributed by atoms with Gasteiger partial charge in [0.05, 0.1) is 63.4 Å². The molecule has 0 unspecified atom stereocenters. The van der Waals surface area contributed by atoms with Crippen molar-refractivity contribution in [2.24, 2.45) is 10.8 Å². The lowest BCUT2D eigenvalue weighted by Gasteiger charge is -2.53. The van der Waals surface area contributed by atoms with Crippen molar-refractivity contribution in [2.75, 3.05) is 14.2 Å². The molecule has 0 aliphatic carbocycles. The Kier molecular flexibility index (Phi) is 17.3. The number of hydrogen-bond donors (Lipinski definition) is 5. The van der Waals surface area contributed by atoms with E-state index in [2.05, 4.69) is 0 Å². The molecule has 0 saturated carbocycles. The summed E-state index contributed by atoms with van der Waals surface area (Å²) in [4.78, 5) is 52.0. The van der Waals surface area contributed by atoms with E-state index in [9.17, 15) is 44.7 Å². The van der Waals surface area contributed by atoms with Gasteiger partial charge in [0.15, 0.2) is 11.9 Å². The highest BCUT2D eigenvalue weighted by Crippen LogP contribution is 2.49. The van der Waals surface area contributed by atoms with E-state index in [1.165, 1.54) is 39.4 Å². The lowest BCUT2D eigenvalue weighted by atomic mass is 9.70. The topological polar surface area (TPSA) is 234 Å². The molecule has 4 heterocycles. The molecule has 61 heavy (non-hydrogen) atoms. The van der Waals surface area contributed by atoms with Crippen LogP contribution in [-0.2, 0) is 52.3 Å². The second-order valence-electron chi connectivity index (χ2n) is 17.7. The number of rotatable bonds is 8. The summed E-state index contributed by atoms with van der Waals surface area (Å²) < 4.78 is 40.7. The van der Waals surface area contributed by atoms with E-state index in [4.69, 9.17) is 33.2 Å². The molecule has 16 heteroatoms. The van der Waals surface area contributed by atoms with E-state index in [0.29, 0.717) is 5.57 Å². The third-order valence-corrected chi connectivity index (χ3v) is 12.1. The predicted octanol–water partition coefficient (Wildman–Crippen LogP) is 3.71. The van der Waals surface area contributed by atoms with Crippen molar-refractivity contribution in [2.45, 2.75) is 172 Å². The normalized spacial score (nSPS) is 37.1. The van der Waals surface area contributed by atoms with Crippen LogP contribution >= 0.6 is 0 Å². The van der Waals surface area contributed by atoms with Gasteiger partial charge in [-0.05, 0) is 38.2 Å². The van der Waals surface area contributed by atoms with Crippen LogP contribution < -0.4 is 0 Å². The van der Waals surface area contributed by atoms with Gasteiger partial charge in [0, 0.05) is 54.7 Å². The monoisotopic (exact) mass is 862 g/mol. The fourth-order valence-corrected chi connectivity index (χ4v) is 8.20. The first-order valence-electron chi connectivity index (χ1n) is 21.0. The predicted molar refractivity (Wildman–Crippen MR) is 219 cm³/mol. The minimum Gasteiger partial charge on any atom is -0.466 e. The largest absolute Gasteiger partial charge is 0.466 e. The standard InChI is InChI=1S/C45H66O16/c1-9-10-11-12-13-14-37(49)59-41-29(21-39(51)56-8)20-32-24-35(27(2)46)58-40(52)23-30(47)22-33-25-36(48)43(5,6)44(53,60-33)26-34-18-28(19-38(50)55-7)17-31(57-34)15-16-42(3,4)45(41,54)61-32/h11-16,19,21,27,30-36,41,46-48,53-54H,9-10,17-18,20,22-26H2,1-8H3/b12-11+,14-13+,16-15+,28-19?,29-21+/t27-,30-,31+,32+,33-,34+,35-,36+,41+,44+,45-/m1/s1. The highest BCUT2D eigenvalue weighted by Gasteiger charge is 2.59.